The second-order valence-electron chi connectivity index (χ2n) is 3.78. The van der Waals surface area contributed by atoms with Gasteiger partial charge in [-0.2, -0.15) is 0 Å². The van der Waals surface area contributed by atoms with Crippen LogP contribution in [0.5, 0.6) is 0 Å². The van der Waals surface area contributed by atoms with E-state index in [-0.39, 0.29) is 0 Å². The van der Waals surface area contributed by atoms with Gasteiger partial charge in [0.1, 0.15) is 0 Å². The molecule has 0 aliphatic heterocycles. The lowest BCUT2D eigenvalue weighted by atomic mass is 10.1. The molecule has 0 radical (unpaired) electrons. The molecule has 92 valence electrons. The van der Waals surface area contributed by atoms with Crippen molar-refractivity contribution in [2.75, 3.05) is 6.26 Å². The minimum absolute atomic E-state index is 0.374. The molecule has 0 aromatic heterocycles. The summed E-state index contributed by atoms with van der Waals surface area (Å²) in [6.07, 6.45) is 1.22. The van der Waals surface area contributed by atoms with Crippen LogP contribution in [-0.2, 0) is 9.84 Å². The van der Waals surface area contributed by atoms with E-state index >= 15 is 0 Å². The first-order valence-electron chi connectivity index (χ1n) is 5.67. The van der Waals surface area contributed by atoms with E-state index in [9.17, 15) is 8.42 Å². The molecule has 2 aromatic rings. The monoisotopic (exact) mass is 250 g/mol. The maximum Gasteiger partial charge on any atom is 0.175 e. The van der Waals surface area contributed by atoms with Gasteiger partial charge >= 0.3 is 0 Å². The molecule has 0 aliphatic carbocycles. The molecule has 0 bridgehead atoms. The fourth-order valence-electron chi connectivity index (χ4n) is 1.57. The van der Waals surface area contributed by atoms with Gasteiger partial charge in [0.05, 0.1) is 4.90 Å². The molecule has 0 saturated carbocycles. The number of hydrogen-bond donors (Lipinski definition) is 0. The summed E-state index contributed by atoms with van der Waals surface area (Å²) in [6.45, 7) is 6.02. The molecule has 0 heterocycles. The van der Waals surface area contributed by atoms with Gasteiger partial charge in [0.25, 0.3) is 0 Å². The van der Waals surface area contributed by atoms with Crippen LogP contribution in [0.4, 0.5) is 0 Å². The Morgan fingerprint density at radius 2 is 1.41 bits per heavy atom. The van der Waals surface area contributed by atoms with Crippen molar-refractivity contribution in [3.8, 4) is 0 Å². The van der Waals surface area contributed by atoms with E-state index in [1.54, 1.807) is 12.1 Å². The maximum absolute atomic E-state index is 11.3. The largest absolute Gasteiger partial charge is 0.224 e. The molecule has 0 unspecified atom stereocenters. The summed E-state index contributed by atoms with van der Waals surface area (Å²) < 4.78 is 22.7. The fraction of sp³-hybridized carbons (Fsp3) is 0.286. The number of fused-ring (bicyclic) bond motifs is 1. The lowest BCUT2D eigenvalue weighted by molar-refractivity contribution is 0.602. The second kappa shape index (κ2) is 5.32. The summed E-state index contributed by atoms with van der Waals surface area (Å²) in [5.41, 5.74) is 1.18. The lowest BCUT2D eigenvalue weighted by Crippen LogP contribution is -1.96. The Kier molecular flexibility index (Phi) is 4.29. The SMILES string of the molecule is CC.Cc1ccc2cc(S(C)(=O)=O)ccc2c1. The standard InChI is InChI=1S/C12H12O2S.C2H6/c1-9-3-4-11-8-12(15(2,13)14)6-5-10(11)7-9;1-2/h3-8H,1-2H3;1-2H3. The summed E-state index contributed by atoms with van der Waals surface area (Å²) in [7, 11) is -3.10. The minimum Gasteiger partial charge on any atom is -0.224 e. The van der Waals surface area contributed by atoms with Gasteiger partial charge in [0, 0.05) is 6.26 Å². The molecule has 2 rings (SSSR count). The molecule has 0 amide bonds. The van der Waals surface area contributed by atoms with Crippen molar-refractivity contribution in [1.82, 2.24) is 0 Å². The smallest absolute Gasteiger partial charge is 0.175 e. The second-order valence-corrected chi connectivity index (χ2v) is 5.80. The molecule has 2 nitrogen and oxygen atoms in total. The van der Waals surface area contributed by atoms with Crippen LogP contribution in [0.2, 0.25) is 0 Å². The predicted octanol–water partition coefficient (Wildman–Crippen LogP) is 3.58. The van der Waals surface area contributed by atoms with Crippen molar-refractivity contribution < 1.29 is 8.42 Å². The molecule has 3 heteroatoms. The van der Waals surface area contributed by atoms with Crippen LogP contribution in [0.25, 0.3) is 10.8 Å². The van der Waals surface area contributed by atoms with Gasteiger partial charge in [-0.15, -0.1) is 0 Å². The highest BCUT2D eigenvalue weighted by Crippen LogP contribution is 2.20. The highest BCUT2D eigenvalue weighted by atomic mass is 32.2. The zero-order valence-electron chi connectivity index (χ0n) is 10.7. The highest BCUT2D eigenvalue weighted by molar-refractivity contribution is 7.90. The minimum atomic E-state index is -3.10. The van der Waals surface area contributed by atoms with Crippen LogP contribution in [0.3, 0.4) is 0 Å². The van der Waals surface area contributed by atoms with Crippen molar-refractivity contribution in [3.05, 3.63) is 42.0 Å². The first-order valence-corrected chi connectivity index (χ1v) is 7.56. The van der Waals surface area contributed by atoms with Crippen molar-refractivity contribution in [2.24, 2.45) is 0 Å². The van der Waals surface area contributed by atoms with E-state index in [1.807, 2.05) is 45.0 Å². The Hall–Kier alpha value is -1.35. The summed E-state index contributed by atoms with van der Waals surface area (Å²) in [5, 5.41) is 2.03. The first kappa shape index (κ1) is 13.7. The summed E-state index contributed by atoms with van der Waals surface area (Å²) in [5.74, 6) is 0. The number of aryl methyl sites for hydroxylation is 1. The highest BCUT2D eigenvalue weighted by Gasteiger charge is 2.06. The van der Waals surface area contributed by atoms with Gasteiger partial charge in [-0.3, -0.25) is 0 Å². The zero-order chi connectivity index (χ0) is 13.1. The lowest BCUT2D eigenvalue weighted by Gasteiger charge is -2.02. The Labute approximate surface area is 103 Å². The first-order chi connectivity index (χ1) is 7.97. The van der Waals surface area contributed by atoms with Gasteiger partial charge in [-0.05, 0) is 29.8 Å². The third-order valence-corrected chi connectivity index (χ3v) is 3.51. The molecule has 2 aromatic carbocycles. The van der Waals surface area contributed by atoms with Gasteiger partial charge < -0.3 is 0 Å². The maximum atomic E-state index is 11.3. The molecule has 17 heavy (non-hydrogen) atoms. The summed E-state index contributed by atoms with van der Waals surface area (Å²) in [4.78, 5) is 0.374. The van der Waals surface area contributed by atoms with Gasteiger partial charge in [-0.25, -0.2) is 8.42 Å². The van der Waals surface area contributed by atoms with E-state index in [0.717, 1.165) is 10.8 Å². The van der Waals surface area contributed by atoms with Gasteiger partial charge in [-0.1, -0.05) is 43.7 Å². The van der Waals surface area contributed by atoms with Crippen LogP contribution < -0.4 is 0 Å². The van der Waals surface area contributed by atoms with Crippen molar-refractivity contribution >= 4 is 20.6 Å². The molecule has 0 N–H and O–H groups in total. The topological polar surface area (TPSA) is 34.1 Å². The van der Waals surface area contributed by atoms with Crippen LogP contribution in [0.15, 0.2) is 41.3 Å². The van der Waals surface area contributed by atoms with Crippen LogP contribution in [0, 0.1) is 6.92 Å². The third-order valence-electron chi connectivity index (χ3n) is 2.40. The summed E-state index contributed by atoms with van der Waals surface area (Å²) in [6, 6.07) is 11.2. The Balaban J connectivity index is 0.000000686. The van der Waals surface area contributed by atoms with E-state index in [0.29, 0.717) is 4.90 Å². The van der Waals surface area contributed by atoms with Crippen LogP contribution in [-0.4, -0.2) is 14.7 Å². The average Bonchev–Trinajstić information content (AvgIpc) is 2.29. The van der Waals surface area contributed by atoms with E-state index in [2.05, 4.69) is 0 Å². The van der Waals surface area contributed by atoms with E-state index in [1.165, 1.54) is 11.8 Å². The predicted molar refractivity (Wildman–Crippen MR) is 73.1 cm³/mol. The van der Waals surface area contributed by atoms with Gasteiger partial charge in [0.15, 0.2) is 9.84 Å². The third kappa shape index (κ3) is 3.30. The quantitative estimate of drug-likeness (QED) is 0.775. The molecule has 0 fully saturated rings. The molecule has 0 atom stereocenters. The Morgan fingerprint density at radius 1 is 0.882 bits per heavy atom. The molecule has 0 spiro atoms. The Bertz CT molecular complexity index is 613. The number of rotatable bonds is 1. The average molecular weight is 250 g/mol. The van der Waals surface area contributed by atoms with E-state index < -0.39 is 9.84 Å². The zero-order valence-corrected chi connectivity index (χ0v) is 11.5. The Morgan fingerprint density at radius 3 is 2.00 bits per heavy atom. The van der Waals surface area contributed by atoms with E-state index in [4.69, 9.17) is 0 Å². The van der Waals surface area contributed by atoms with Crippen molar-refractivity contribution in [2.45, 2.75) is 25.7 Å². The van der Waals surface area contributed by atoms with Crippen molar-refractivity contribution in [1.29, 1.82) is 0 Å². The molecular formula is C14H18O2S. The number of hydrogen-bond acceptors (Lipinski definition) is 2. The molecular weight excluding hydrogens is 232 g/mol. The van der Waals surface area contributed by atoms with Crippen molar-refractivity contribution in [3.63, 3.8) is 0 Å². The van der Waals surface area contributed by atoms with Gasteiger partial charge in [0.2, 0.25) is 0 Å². The number of benzene rings is 2. The number of sulfone groups is 1. The summed E-state index contributed by atoms with van der Waals surface area (Å²) >= 11 is 0. The van der Waals surface area contributed by atoms with Crippen LogP contribution >= 0.6 is 0 Å². The normalized spacial score (nSPS) is 10.8. The molecule has 0 aliphatic rings. The molecule has 0 saturated heterocycles. The fourth-order valence-corrected chi connectivity index (χ4v) is 2.23. The van der Waals surface area contributed by atoms with Crippen LogP contribution in [0.1, 0.15) is 19.4 Å².